The molecular formula is C18H16INO. The van der Waals surface area contributed by atoms with Gasteiger partial charge < -0.3 is 5.11 Å². The number of aryl methyl sites for hydroxylation is 1. The number of para-hydroxylation sites is 1. The molecule has 1 atom stereocenters. The minimum atomic E-state index is -0.498. The molecule has 1 unspecified atom stereocenters. The minimum absolute atomic E-state index is 0.498. The van der Waals surface area contributed by atoms with Crippen molar-refractivity contribution in [3.05, 3.63) is 75.0 Å². The summed E-state index contributed by atoms with van der Waals surface area (Å²) in [7, 11) is 0. The van der Waals surface area contributed by atoms with Gasteiger partial charge in [0.15, 0.2) is 0 Å². The molecule has 0 aliphatic carbocycles. The lowest BCUT2D eigenvalue weighted by Crippen LogP contribution is -2.05. The van der Waals surface area contributed by atoms with Crippen LogP contribution in [0.15, 0.2) is 54.7 Å². The van der Waals surface area contributed by atoms with Crippen LogP contribution in [0.1, 0.15) is 22.8 Å². The molecule has 0 aliphatic heterocycles. The maximum atomic E-state index is 10.6. The Hall–Kier alpha value is -1.46. The standard InChI is InChI=1S/C18H16INO/c1-12-5-4-7-15(18(12)19)17(21)11-13-9-10-20-16-8-3-2-6-14(13)16/h2-10,17,21H,11H2,1H3. The van der Waals surface area contributed by atoms with Crippen molar-refractivity contribution in [1.82, 2.24) is 4.98 Å². The largest absolute Gasteiger partial charge is 0.388 e. The van der Waals surface area contributed by atoms with Gasteiger partial charge >= 0.3 is 0 Å². The van der Waals surface area contributed by atoms with Crippen molar-refractivity contribution in [3.8, 4) is 0 Å². The Kier molecular flexibility index (Phi) is 4.22. The molecule has 0 saturated carbocycles. The second-order valence-electron chi connectivity index (χ2n) is 5.19. The van der Waals surface area contributed by atoms with E-state index in [0.29, 0.717) is 6.42 Å². The van der Waals surface area contributed by atoms with Gasteiger partial charge in [-0.25, -0.2) is 0 Å². The summed E-state index contributed by atoms with van der Waals surface area (Å²) in [6.45, 7) is 2.07. The van der Waals surface area contributed by atoms with Crippen LogP contribution >= 0.6 is 22.6 Å². The number of fused-ring (bicyclic) bond motifs is 1. The molecule has 106 valence electrons. The summed E-state index contributed by atoms with van der Waals surface area (Å²) in [5.74, 6) is 0. The molecule has 1 N–H and O–H groups in total. The molecule has 0 radical (unpaired) electrons. The Morgan fingerprint density at radius 3 is 2.76 bits per heavy atom. The molecule has 2 aromatic carbocycles. The van der Waals surface area contributed by atoms with Crippen LogP contribution in [0, 0.1) is 10.5 Å². The van der Waals surface area contributed by atoms with E-state index in [4.69, 9.17) is 0 Å². The fraction of sp³-hybridized carbons (Fsp3) is 0.167. The molecule has 1 aromatic heterocycles. The Bertz CT molecular complexity index is 780. The molecule has 0 fully saturated rings. The number of aromatic nitrogens is 1. The van der Waals surface area contributed by atoms with E-state index in [1.54, 1.807) is 0 Å². The summed E-state index contributed by atoms with van der Waals surface area (Å²) in [6.07, 6.45) is 1.91. The van der Waals surface area contributed by atoms with Crippen molar-refractivity contribution < 1.29 is 5.11 Å². The molecule has 0 saturated heterocycles. The number of rotatable bonds is 3. The minimum Gasteiger partial charge on any atom is -0.388 e. The maximum Gasteiger partial charge on any atom is 0.0840 e. The van der Waals surface area contributed by atoms with E-state index in [9.17, 15) is 5.11 Å². The third-order valence-electron chi connectivity index (χ3n) is 3.73. The first kappa shape index (κ1) is 14.5. The van der Waals surface area contributed by atoms with Gasteiger partial charge in [0.1, 0.15) is 0 Å². The van der Waals surface area contributed by atoms with E-state index in [1.165, 1.54) is 5.56 Å². The van der Waals surface area contributed by atoms with Crippen molar-refractivity contribution in [1.29, 1.82) is 0 Å². The van der Waals surface area contributed by atoms with Gasteiger partial charge in [0.2, 0.25) is 0 Å². The van der Waals surface area contributed by atoms with E-state index >= 15 is 0 Å². The molecule has 21 heavy (non-hydrogen) atoms. The summed E-state index contributed by atoms with van der Waals surface area (Å²) in [5, 5.41) is 11.7. The third-order valence-corrected chi connectivity index (χ3v) is 5.21. The molecule has 0 bridgehead atoms. The smallest absolute Gasteiger partial charge is 0.0840 e. The van der Waals surface area contributed by atoms with Crippen LogP contribution in [0.5, 0.6) is 0 Å². The Morgan fingerprint density at radius 2 is 1.90 bits per heavy atom. The summed E-state index contributed by atoms with van der Waals surface area (Å²) in [6, 6.07) is 16.1. The van der Waals surface area contributed by atoms with Crippen LogP contribution in [0.2, 0.25) is 0 Å². The number of pyridine rings is 1. The van der Waals surface area contributed by atoms with Crippen LogP contribution < -0.4 is 0 Å². The summed E-state index contributed by atoms with van der Waals surface area (Å²) in [4.78, 5) is 4.37. The highest BCUT2D eigenvalue weighted by Crippen LogP contribution is 2.27. The Morgan fingerprint density at radius 1 is 1.10 bits per heavy atom. The summed E-state index contributed by atoms with van der Waals surface area (Å²) in [5.41, 5.74) is 4.30. The van der Waals surface area contributed by atoms with Crippen LogP contribution in [0.4, 0.5) is 0 Å². The topological polar surface area (TPSA) is 33.1 Å². The highest BCUT2D eigenvalue weighted by molar-refractivity contribution is 14.1. The zero-order chi connectivity index (χ0) is 14.8. The zero-order valence-corrected chi connectivity index (χ0v) is 13.9. The van der Waals surface area contributed by atoms with Crippen LogP contribution in [-0.4, -0.2) is 10.1 Å². The molecule has 2 nitrogen and oxygen atoms in total. The number of aliphatic hydroxyl groups excluding tert-OH is 1. The van der Waals surface area contributed by atoms with E-state index in [0.717, 1.165) is 25.6 Å². The number of nitrogens with zero attached hydrogens (tertiary/aromatic N) is 1. The van der Waals surface area contributed by atoms with Crippen molar-refractivity contribution >= 4 is 33.5 Å². The second kappa shape index (κ2) is 6.12. The van der Waals surface area contributed by atoms with Gasteiger partial charge in [-0.1, -0.05) is 36.4 Å². The third kappa shape index (κ3) is 2.94. The predicted octanol–water partition coefficient (Wildman–Crippen LogP) is 4.42. The fourth-order valence-electron chi connectivity index (χ4n) is 2.58. The molecular weight excluding hydrogens is 373 g/mol. The van der Waals surface area contributed by atoms with E-state index in [1.807, 2.05) is 42.6 Å². The molecule has 3 heteroatoms. The van der Waals surface area contributed by atoms with E-state index in [-0.39, 0.29) is 0 Å². The SMILES string of the molecule is Cc1cccc(C(O)Cc2ccnc3ccccc23)c1I. The maximum absolute atomic E-state index is 10.6. The molecule has 3 aromatic rings. The van der Waals surface area contributed by atoms with Crippen molar-refractivity contribution in [3.63, 3.8) is 0 Å². The van der Waals surface area contributed by atoms with Gasteiger partial charge in [-0.3, -0.25) is 4.98 Å². The van der Waals surface area contributed by atoms with Crippen molar-refractivity contribution in [2.24, 2.45) is 0 Å². The average Bonchev–Trinajstić information content (AvgIpc) is 2.50. The number of aliphatic hydroxyl groups is 1. The lowest BCUT2D eigenvalue weighted by Gasteiger charge is -2.15. The lowest BCUT2D eigenvalue weighted by molar-refractivity contribution is 0.178. The van der Waals surface area contributed by atoms with Crippen LogP contribution in [0.3, 0.4) is 0 Å². The summed E-state index contributed by atoms with van der Waals surface area (Å²) < 4.78 is 1.14. The van der Waals surface area contributed by atoms with E-state index in [2.05, 4.69) is 46.6 Å². The van der Waals surface area contributed by atoms with Gasteiger partial charge in [-0.2, -0.15) is 0 Å². The Labute approximate surface area is 138 Å². The average molecular weight is 389 g/mol. The first-order valence-corrected chi connectivity index (χ1v) is 8.00. The molecule has 0 aliphatic rings. The molecule has 3 rings (SSSR count). The monoisotopic (exact) mass is 389 g/mol. The quantitative estimate of drug-likeness (QED) is 0.673. The lowest BCUT2D eigenvalue weighted by atomic mass is 9.98. The normalized spacial score (nSPS) is 12.5. The van der Waals surface area contributed by atoms with Crippen molar-refractivity contribution in [2.45, 2.75) is 19.4 Å². The van der Waals surface area contributed by atoms with Gasteiger partial charge in [-0.05, 0) is 58.3 Å². The number of benzene rings is 2. The first-order valence-electron chi connectivity index (χ1n) is 6.92. The van der Waals surface area contributed by atoms with Gasteiger partial charge in [-0.15, -0.1) is 0 Å². The van der Waals surface area contributed by atoms with Crippen LogP contribution in [0.25, 0.3) is 10.9 Å². The number of halogens is 1. The van der Waals surface area contributed by atoms with Gasteiger partial charge in [0, 0.05) is 21.6 Å². The fourth-order valence-corrected chi connectivity index (χ4v) is 3.30. The predicted molar refractivity (Wildman–Crippen MR) is 94.3 cm³/mol. The molecule has 0 amide bonds. The van der Waals surface area contributed by atoms with Gasteiger partial charge in [0.05, 0.1) is 11.6 Å². The Balaban J connectivity index is 1.97. The number of hydrogen-bond donors (Lipinski definition) is 1. The second-order valence-corrected chi connectivity index (χ2v) is 6.26. The van der Waals surface area contributed by atoms with E-state index < -0.39 is 6.10 Å². The molecule has 1 heterocycles. The highest BCUT2D eigenvalue weighted by atomic mass is 127. The van der Waals surface area contributed by atoms with Crippen molar-refractivity contribution in [2.75, 3.05) is 0 Å². The number of hydrogen-bond acceptors (Lipinski definition) is 2. The first-order chi connectivity index (χ1) is 10.2. The summed E-state index contributed by atoms with van der Waals surface area (Å²) >= 11 is 2.31. The van der Waals surface area contributed by atoms with Gasteiger partial charge in [0.25, 0.3) is 0 Å². The highest BCUT2D eigenvalue weighted by Gasteiger charge is 2.14. The van der Waals surface area contributed by atoms with Crippen LogP contribution in [-0.2, 0) is 6.42 Å². The molecule has 0 spiro atoms. The zero-order valence-electron chi connectivity index (χ0n) is 11.8.